The first kappa shape index (κ1) is 14.5. The summed E-state index contributed by atoms with van der Waals surface area (Å²) in [4.78, 5) is 10.9. The molecule has 0 spiro atoms. The lowest BCUT2D eigenvalue weighted by Gasteiger charge is -2.07. The van der Waals surface area contributed by atoms with Crippen molar-refractivity contribution in [1.82, 2.24) is 5.32 Å². The molecule has 18 heavy (non-hydrogen) atoms. The van der Waals surface area contributed by atoms with E-state index in [-0.39, 0.29) is 18.3 Å². The lowest BCUT2D eigenvalue weighted by atomic mass is 10.2. The second-order valence-electron chi connectivity index (χ2n) is 3.66. The number of nitrogens with one attached hydrogen (secondary N) is 1. The minimum Gasteiger partial charge on any atom is -0.508 e. The van der Waals surface area contributed by atoms with Crippen LogP contribution < -0.4 is 5.32 Å². The molecule has 1 aromatic rings. The van der Waals surface area contributed by atoms with Gasteiger partial charge in [-0.05, 0) is 13.0 Å². The predicted molar refractivity (Wildman–Crippen MR) is 67.3 cm³/mol. The standard InChI is InChI=1S/C13H19NO4/c1-2-18-13(16)10-17-8-7-14-9-11-5-3-4-6-12(11)15/h3-6,14-15H,2,7-10H2,1H3. The Bertz CT molecular complexity index is 368. The van der Waals surface area contributed by atoms with Gasteiger partial charge in [0.25, 0.3) is 0 Å². The molecule has 1 rings (SSSR count). The Kier molecular flexibility index (Phi) is 6.83. The highest BCUT2D eigenvalue weighted by atomic mass is 16.6. The van der Waals surface area contributed by atoms with Crippen molar-refractivity contribution in [2.45, 2.75) is 13.5 Å². The van der Waals surface area contributed by atoms with Crippen LogP contribution in [0.2, 0.25) is 0 Å². The molecule has 1 aromatic carbocycles. The number of aromatic hydroxyl groups is 1. The zero-order valence-corrected chi connectivity index (χ0v) is 10.5. The SMILES string of the molecule is CCOC(=O)COCCNCc1ccccc1O. The third kappa shape index (κ3) is 5.65. The molecular formula is C13H19NO4. The molecule has 0 fully saturated rings. The molecule has 0 amide bonds. The summed E-state index contributed by atoms with van der Waals surface area (Å²) in [5.74, 6) is -0.0735. The Balaban J connectivity index is 2.06. The maximum Gasteiger partial charge on any atom is 0.332 e. The molecular weight excluding hydrogens is 234 g/mol. The maximum atomic E-state index is 10.9. The number of ether oxygens (including phenoxy) is 2. The van der Waals surface area contributed by atoms with Crippen LogP contribution in [0.1, 0.15) is 12.5 Å². The number of phenols is 1. The van der Waals surface area contributed by atoms with Gasteiger partial charge in [-0.1, -0.05) is 18.2 Å². The van der Waals surface area contributed by atoms with Crippen LogP contribution in [0, 0.1) is 0 Å². The van der Waals surface area contributed by atoms with E-state index in [9.17, 15) is 9.90 Å². The van der Waals surface area contributed by atoms with E-state index in [0.717, 1.165) is 5.56 Å². The zero-order valence-electron chi connectivity index (χ0n) is 10.5. The number of benzene rings is 1. The van der Waals surface area contributed by atoms with E-state index in [4.69, 9.17) is 9.47 Å². The molecule has 2 N–H and O–H groups in total. The van der Waals surface area contributed by atoms with Crippen molar-refractivity contribution in [2.24, 2.45) is 0 Å². The number of para-hydroxylation sites is 1. The second-order valence-corrected chi connectivity index (χ2v) is 3.66. The summed E-state index contributed by atoms with van der Waals surface area (Å²) < 4.78 is 9.83. The van der Waals surface area contributed by atoms with Gasteiger partial charge in [0.2, 0.25) is 0 Å². The Morgan fingerprint density at radius 2 is 2.17 bits per heavy atom. The van der Waals surface area contributed by atoms with Crippen LogP contribution in [0.25, 0.3) is 0 Å². The van der Waals surface area contributed by atoms with Crippen molar-refractivity contribution in [2.75, 3.05) is 26.4 Å². The minimum absolute atomic E-state index is 0.0217. The van der Waals surface area contributed by atoms with Gasteiger partial charge in [-0.15, -0.1) is 0 Å². The van der Waals surface area contributed by atoms with E-state index < -0.39 is 0 Å². The highest BCUT2D eigenvalue weighted by Gasteiger charge is 2.01. The van der Waals surface area contributed by atoms with E-state index in [1.807, 2.05) is 12.1 Å². The van der Waals surface area contributed by atoms with Crippen LogP contribution in [-0.2, 0) is 20.8 Å². The summed E-state index contributed by atoms with van der Waals surface area (Å²) in [5, 5.41) is 12.6. The van der Waals surface area contributed by atoms with Crippen molar-refractivity contribution in [3.8, 4) is 5.75 Å². The highest BCUT2D eigenvalue weighted by molar-refractivity contribution is 5.70. The smallest absolute Gasteiger partial charge is 0.332 e. The summed E-state index contributed by atoms with van der Waals surface area (Å²) >= 11 is 0. The van der Waals surface area contributed by atoms with E-state index in [2.05, 4.69) is 5.32 Å². The van der Waals surface area contributed by atoms with Gasteiger partial charge in [-0.2, -0.15) is 0 Å². The van der Waals surface area contributed by atoms with Crippen LogP contribution in [0.3, 0.4) is 0 Å². The molecule has 5 nitrogen and oxygen atoms in total. The van der Waals surface area contributed by atoms with Gasteiger partial charge in [-0.3, -0.25) is 0 Å². The van der Waals surface area contributed by atoms with Gasteiger partial charge in [0.1, 0.15) is 12.4 Å². The monoisotopic (exact) mass is 253 g/mol. The van der Waals surface area contributed by atoms with Gasteiger partial charge in [-0.25, -0.2) is 4.79 Å². The number of hydrogen-bond acceptors (Lipinski definition) is 5. The largest absolute Gasteiger partial charge is 0.508 e. The highest BCUT2D eigenvalue weighted by Crippen LogP contribution is 2.14. The van der Waals surface area contributed by atoms with E-state index in [1.54, 1.807) is 19.1 Å². The van der Waals surface area contributed by atoms with Crippen LogP contribution in [0.15, 0.2) is 24.3 Å². The number of phenolic OH excluding ortho intramolecular Hbond substituents is 1. The van der Waals surface area contributed by atoms with Gasteiger partial charge in [0, 0.05) is 18.7 Å². The molecule has 0 bridgehead atoms. The fraction of sp³-hybridized carbons (Fsp3) is 0.462. The first-order chi connectivity index (χ1) is 8.74. The molecule has 0 aromatic heterocycles. The molecule has 100 valence electrons. The summed E-state index contributed by atoms with van der Waals surface area (Å²) in [5.41, 5.74) is 0.836. The predicted octanol–water partition coefficient (Wildman–Crippen LogP) is 1.06. The van der Waals surface area contributed by atoms with Crippen molar-refractivity contribution >= 4 is 5.97 Å². The number of hydrogen-bond donors (Lipinski definition) is 2. The Hall–Kier alpha value is -1.59. The molecule has 0 heterocycles. The first-order valence-corrected chi connectivity index (χ1v) is 5.95. The van der Waals surface area contributed by atoms with E-state index >= 15 is 0 Å². The van der Waals surface area contributed by atoms with Crippen molar-refractivity contribution in [3.63, 3.8) is 0 Å². The molecule has 0 unspecified atom stereocenters. The Labute approximate surface area is 107 Å². The fourth-order valence-electron chi connectivity index (χ4n) is 1.39. The topological polar surface area (TPSA) is 67.8 Å². The molecule has 0 saturated carbocycles. The van der Waals surface area contributed by atoms with Crippen molar-refractivity contribution in [3.05, 3.63) is 29.8 Å². The number of rotatable bonds is 8. The molecule has 0 aliphatic heterocycles. The molecule has 0 aliphatic carbocycles. The Morgan fingerprint density at radius 3 is 2.89 bits per heavy atom. The second kappa shape index (κ2) is 8.49. The van der Waals surface area contributed by atoms with Crippen LogP contribution >= 0.6 is 0 Å². The molecule has 0 saturated heterocycles. The third-order valence-electron chi connectivity index (χ3n) is 2.26. The number of esters is 1. The van der Waals surface area contributed by atoms with E-state index in [1.165, 1.54) is 0 Å². The summed E-state index contributed by atoms with van der Waals surface area (Å²) in [6.45, 7) is 3.70. The summed E-state index contributed by atoms with van der Waals surface area (Å²) in [6.07, 6.45) is 0. The van der Waals surface area contributed by atoms with Crippen LogP contribution in [0.4, 0.5) is 0 Å². The Morgan fingerprint density at radius 1 is 1.39 bits per heavy atom. The maximum absolute atomic E-state index is 10.9. The van der Waals surface area contributed by atoms with Gasteiger partial charge >= 0.3 is 5.97 Å². The average molecular weight is 253 g/mol. The lowest BCUT2D eigenvalue weighted by molar-refractivity contribution is -0.148. The van der Waals surface area contributed by atoms with Gasteiger partial charge in [0.15, 0.2) is 0 Å². The molecule has 5 heteroatoms. The number of carbonyl (C=O) groups is 1. The van der Waals surface area contributed by atoms with Crippen LogP contribution in [0.5, 0.6) is 5.75 Å². The third-order valence-corrected chi connectivity index (χ3v) is 2.26. The molecule has 0 aliphatic rings. The molecule has 0 atom stereocenters. The molecule has 0 radical (unpaired) electrons. The van der Waals surface area contributed by atoms with Gasteiger partial charge < -0.3 is 19.9 Å². The lowest BCUT2D eigenvalue weighted by Crippen LogP contribution is -2.21. The summed E-state index contributed by atoms with van der Waals surface area (Å²) in [7, 11) is 0. The van der Waals surface area contributed by atoms with Gasteiger partial charge in [0.05, 0.1) is 13.2 Å². The quantitative estimate of drug-likeness (QED) is 0.535. The first-order valence-electron chi connectivity index (χ1n) is 5.95. The summed E-state index contributed by atoms with van der Waals surface area (Å²) in [6, 6.07) is 7.14. The van der Waals surface area contributed by atoms with Crippen LogP contribution in [-0.4, -0.2) is 37.4 Å². The fourth-order valence-corrected chi connectivity index (χ4v) is 1.39. The normalized spacial score (nSPS) is 10.3. The zero-order chi connectivity index (χ0) is 13.2. The van der Waals surface area contributed by atoms with Crippen molar-refractivity contribution in [1.29, 1.82) is 0 Å². The average Bonchev–Trinajstić information content (AvgIpc) is 2.36. The number of carbonyl (C=O) groups excluding carboxylic acids is 1. The minimum atomic E-state index is -0.349. The van der Waals surface area contributed by atoms with Crippen molar-refractivity contribution < 1.29 is 19.4 Å². The van der Waals surface area contributed by atoms with E-state index in [0.29, 0.717) is 26.3 Å².